The molecule has 0 bridgehead atoms. The minimum absolute atomic E-state index is 0.0395. The molecule has 1 N–H and O–H groups in total. The Labute approximate surface area is 150 Å². The first-order valence-corrected chi connectivity index (χ1v) is 9.11. The summed E-state index contributed by atoms with van der Waals surface area (Å²) in [6.45, 7) is 19.3. The maximum atomic E-state index is 11.2. The van der Waals surface area contributed by atoms with Crippen LogP contribution in [0.4, 0.5) is 0 Å². The highest BCUT2D eigenvalue weighted by molar-refractivity contribution is 4.90. The molecule has 142 valence electrons. The molecule has 0 aromatic rings. The van der Waals surface area contributed by atoms with Crippen LogP contribution in [-0.2, 0) is 9.47 Å². The van der Waals surface area contributed by atoms with Crippen molar-refractivity contribution >= 4 is 0 Å². The molecule has 2 atom stereocenters. The first kappa shape index (κ1) is 23.4. The molecule has 0 radical (unpaired) electrons. The van der Waals surface area contributed by atoms with E-state index in [0.29, 0.717) is 26.4 Å². The van der Waals surface area contributed by atoms with Gasteiger partial charge in [-0.2, -0.15) is 0 Å². The molecule has 0 aromatic heterocycles. The van der Waals surface area contributed by atoms with Crippen LogP contribution in [0.1, 0.15) is 55.4 Å². The predicted octanol–water partition coefficient (Wildman–Crippen LogP) is 4.86. The van der Waals surface area contributed by atoms with Gasteiger partial charge in [0.2, 0.25) is 0 Å². The third kappa shape index (κ3) is 9.00. The predicted molar refractivity (Wildman–Crippen MR) is 103 cm³/mol. The molecule has 24 heavy (non-hydrogen) atoms. The van der Waals surface area contributed by atoms with Gasteiger partial charge in [-0.1, -0.05) is 65.8 Å². The molecular weight excluding hydrogens is 300 g/mol. The number of aliphatic hydroxyl groups excluding tert-OH is 1. The van der Waals surface area contributed by atoms with E-state index in [1.165, 1.54) is 0 Å². The zero-order chi connectivity index (χ0) is 18.8. The van der Waals surface area contributed by atoms with Gasteiger partial charge in [-0.25, -0.2) is 0 Å². The zero-order valence-electron chi connectivity index (χ0n) is 17.1. The molecule has 0 spiro atoms. The van der Waals surface area contributed by atoms with E-state index in [2.05, 4.69) is 41.5 Å². The Hall–Kier alpha value is -0.640. The minimum atomic E-state index is -0.471. The normalized spacial score (nSPS) is 17.5. The Balaban J connectivity index is 5.08. The molecule has 0 heterocycles. The maximum absolute atomic E-state index is 11.2. The lowest BCUT2D eigenvalue weighted by Gasteiger charge is -2.42. The highest BCUT2D eigenvalue weighted by atomic mass is 16.5. The Morgan fingerprint density at radius 1 is 0.750 bits per heavy atom. The van der Waals surface area contributed by atoms with Gasteiger partial charge in [0.05, 0.1) is 32.5 Å². The smallest absolute Gasteiger partial charge is 0.0650 e. The van der Waals surface area contributed by atoms with Crippen molar-refractivity contribution < 1.29 is 14.6 Å². The van der Waals surface area contributed by atoms with Gasteiger partial charge in [0.15, 0.2) is 0 Å². The van der Waals surface area contributed by atoms with E-state index in [1.54, 1.807) is 0 Å². The minimum Gasteiger partial charge on any atom is -0.392 e. The van der Waals surface area contributed by atoms with Gasteiger partial charge in [0.25, 0.3) is 0 Å². The first-order chi connectivity index (χ1) is 11.1. The van der Waals surface area contributed by atoms with Crippen LogP contribution in [-0.4, -0.2) is 37.6 Å². The number of rotatable bonds is 10. The Morgan fingerprint density at radius 2 is 1.08 bits per heavy atom. The lowest BCUT2D eigenvalue weighted by atomic mass is 9.68. The lowest BCUT2D eigenvalue weighted by Crippen LogP contribution is -2.46. The van der Waals surface area contributed by atoms with Crippen molar-refractivity contribution in [2.75, 3.05) is 26.4 Å². The average molecular weight is 341 g/mol. The molecule has 0 aliphatic carbocycles. The van der Waals surface area contributed by atoms with Crippen LogP contribution in [0.2, 0.25) is 0 Å². The van der Waals surface area contributed by atoms with Gasteiger partial charge in [-0.05, 0) is 24.7 Å². The van der Waals surface area contributed by atoms with Crippen LogP contribution in [0, 0.1) is 22.7 Å². The molecule has 0 aliphatic heterocycles. The van der Waals surface area contributed by atoms with E-state index in [4.69, 9.17) is 9.47 Å². The van der Waals surface area contributed by atoms with Crippen molar-refractivity contribution in [1.82, 2.24) is 0 Å². The summed E-state index contributed by atoms with van der Waals surface area (Å²) in [5, 5.41) is 11.2. The second-order valence-corrected chi connectivity index (χ2v) is 8.65. The molecule has 2 unspecified atom stereocenters. The van der Waals surface area contributed by atoms with Crippen LogP contribution in [0.3, 0.4) is 0 Å². The second kappa shape index (κ2) is 11.1. The van der Waals surface area contributed by atoms with Gasteiger partial charge in [-0.15, -0.1) is 0 Å². The third-order valence-corrected chi connectivity index (χ3v) is 4.54. The van der Waals surface area contributed by atoms with Gasteiger partial charge in [0, 0.05) is 11.8 Å². The van der Waals surface area contributed by atoms with Crippen LogP contribution in [0.5, 0.6) is 0 Å². The van der Waals surface area contributed by atoms with Crippen LogP contribution in [0.25, 0.3) is 0 Å². The summed E-state index contributed by atoms with van der Waals surface area (Å²) in [7, 11) is 0. The molecule has 0 saturated heterocycles. The monoisotopic (exact) mass is 340 g/mol. The molecule has 0 amide bonds. The Kier molecular flexibility index (Phi) is 10.8. The van der Waals surface area contributed by atoms with Gasteiger partial charge < -0.3 is 14.6 Å². The third-order valence-electron chi connectivity index (χ3n) is 4.54. The molecular formula is C21H40O3. The van der Waals surface area contributed by atoms with Gasteiger partial charge in [0.1, 0.15) is 0 Å². The van der Waals surface area contributed by atoms with Crippen LogP contribution < -0.4 is 0 Å². The molecule has 0 aromatic carbocycles. The largest absolute Gasteiger partial charge is 0.392 e. The van der Waals surface area contributed by atoms with E-state index in [9.17, 15) is 5.11 Å². The van der Waals surface area contributed by atoms with Crippen molar-refractivity contribution in [1.29, 1.82) is 0 Å². The summed E-state index contributed by atoms with van der Waals surface area (Å²) in [6, 6.07) is 0. The quantitative estimate of drug-likeness (QED) is 0.456. The number of aliphatic hydroxyl groups is 1. The number of ether oxygens (including phenoxy) is 2. The average Bonchev–Trinajstić information content (AvgIpc) is 2.44. The summed E-state index contributed by atoms with van der Waals surface area (Å²) in [4.78, 5) is 0. The first-order valence-electron chi connectivity index (χ1n) is 9.11. The standard InChI is InChI=1S/C21H40O3/c1-9-11-13-23-15-17(20(3,4)5)19(22)18(21(6,7)8)16-24-14-12-10-2/h9-12,17-19,22H,13-16H2,1-8H3/b11-9+,12-10+. The topological polar surface area (TPSA) is 38.7 Å². The lowest BCUT2D eigenvalue weighted by molar-refractivity contribution is -0.0896. The molecule has 3 heteroatoms. The SMILES string of the molecule is C/C=C/COCC(C(O)C(COC/C=C/C)C(C)(C)C)C(C)(C)C. The van der Waals surface area contributed by atoms with E-state index >= 15 is 0 Å². The molecule has 0 saturated carbocycles. The Morgan fingerprint density at radius 3 is 1.33 bits per heavy atom. The molecule has 0 aliphatic rings. The summed E-state index contributed by atoms with van der Waals surface area (Å²) in [5.41, 5.74) is -0.0790. The molecule has 3 nitrogen and oxygen atoms in total. The van der Waals surface area contributed by atoms with Crippen molar-refractivity contribution in [2.24, 2.45) is 22.7 Å². The summed E-state index contributed by atoms with van der Waals surface area (Å²) in [6.07, 6.45) is 7.48. The summed E-state index contributed by atoms with van der Waals surface area (Å²) in [5.74, 6) is 0.106. The summed E-state index contributed by atoms with van der Waals surface area (Å²) < 4.78 is 11.6. The highest BCUT2D eigenvalue weighted by Crippen LogP contribution is 2.38. The number of allylic oxidation sites excluding steroid dienone is 2. The van der Waals surface area contributed by atoms with E-state index < -0.39 is 6.10 Å². The molecule has 0 rings (SSSR count). The maximum Gasteiger partial charge on any atom is 0.0650 e. The second-order valence-electron chi connectivity index (χ2n) is 8.65. The van der Waals surface area contributed by atoms with Crippen LogP contribution in [0.15, 0.2) is 24.3 Å². The fraction of sp³-hybridized carbons (Fsp3) is 0.810. The highest BCUT2D eigenvalue weighted by Gasteiger charge is 2.40. The van der Waals surface area contributed by atoms with Crippen molar-refractivity contribution in [3.63, 3.8) is 0 Å². The Bertz CT molecular complexity index is 336. The van der Waals surface area contributed by atoms with E-state index in [-0.39, 0.29) is 22.7 Å². The number of hydrogen-bond donors (Lipinski definition) is 1. The number of hydrogen-bond acceptors (Lipinski definition) is 3. The summed E-state index contributed by atoms with van der Waals surface area (Å²) >= 11 is 0. The molecule has 0 fully saturated rings. The van der Waals surface area contributed by atoms with Gasteiger partial charge in [-0.3, -0.25) is 0 Å². The van der Waals surface area contributed by atoms with Crippen LogP contribution >= 0.6 is 0 Å². The van der Waals surface area contributed by atoms with E-state index in [1.807, 2.05) is 38.2 Å². The van der Waals surface area contributed by atoms with Crippen molar-refractivity contribution in [3.8, 4) is 0 Å². The van der Waals surface area contributed by atoms with Crippen molar-refractivity contribution in [3.05, 3.63) is 24.3 Å². The fourth-order valence-corrected chi connectivity index (χ4v) is 2.72. The van der Waals surface area contributed by atoms with Gasteiger partial charge >= 0.3 is 0 Å². The zero-order valence-corrected chi connectivity index (χ0v) is 17.1. The van der Waals surface area contributed by atoms with Crippen molar-refractivity contribution in [2.45, 2.75) is 61.5 Å². The fourth-order valence-electron chi connectivity index (χ4n) is 2.72. The van der Waals surface area contributed by atoms with E-state index in [0.717, 1.165) is 0 Å².